The summed E-state index contributed by atoms with van der Waals surface area (Å²) in [5.41, 5.74) is 6.20. The van der Waals surface area contributed by atoms with Gasteiger partial charge >= 0.3 is 0 Å². The Hall–Kier alpha value is -4.00. The number of pyridine rings is 2. The van der Waals surface area contributed by atoms with Crippen LogP contribution in [0.3, 0.4) is 0 Å². The molecule has 0 spiro atoms. The van der Waals surface area contributed by atoms with Crippen molar-refractivity contribution in [1.29, 1.82) is 0 Å². The third-order valence-electron chi connectivity index (χ3n) is 4.59. The molecule has 3 aromatic heterocycles. The smallest absolute Gasteiger partial charge is 0.221 e. The van der Waals surface area contributed by atoms with E-state index >= 15 is 0 Å². The fraction of sp³-hybridized carbons (Fsp3) is 0.0476. The Morgan fingerprint density at radius 3 is 2.71 bits per heavy atom. The number of aromatic nitrogens is 4. The molecule has 0 atom stereocenters. The maximum Gasteiger partial charge on any atom is 0.221 e. The fourth-order valence-electron chi connectivity index (χ4n) is 3.35. The number of carbonyl (C=O) groups is 1. The minimum Gasteiger partial charge on any atom is -0.338 e. The Morgan fingerprint density at radius 1 is 1.04 bits per heavy atom. The zero-order chi connectivity index (χ0) is 19.1. The predicted molar refractivity (Wildman–Crippen MR) is 108 cm³/mol. The number of H-pyrrole nitrogens is 1. The first-order valence-corrected chi connectivity index (χ1v) is 8.84. The van der Waals surface area contributed by atoms with Crippen molar-refractivity contribution in [2.45, 2.75) is 6.92 Å². The highest BCUT2D eigenvalue weighted by Gasteiger charge is 2.23. The van der Waals surface area contributed by atoms with Crippen molar-refractivity contribution in [3.8, 4) is 33.9 Å². The van der Waals surface area contributed by atoms with E-state index in [1.165, 1.54) is 6.92 Å². The van der Waals surface area contributed by atoms with Crippen LogP contribution in [-0.2, 0) is 4.79 Å². The van der Waals surface area contributed by atoms with E-state index in [4.69, 9.17) is 4.98 Å². The number of rotatable bonds is 2. The summed E-state index contributed by atoms with van der Waals surface area (Å²) in [5.74, 6) is 1.40. The van der Waals surface area contributed by atoms with Crippen molar-refractivity contribution in [2.24, 2.45) is 0 Å². The second kappa shape index (κ2) is 6.31. The lowest BCUT2D eigenvalue weighted by molar-refractivity contribution is -0.114. The first kappa shape index (κ1) is 16.2. The lowest BCUT2D eigenvalue weighted by Crippen LogP contribution is -2.05. The largest absolute Gasteiger partial charge is 0.338 e. The van der Waals surface area contributed by atoms with E-state index in [2.05, 4.69) is 25.6 Å². The zero-order valence-electron chi connectivity index (χ0n) is 15.0. The maximum atomic E-state index is 11.2. The second-order valence-corrected chi connectivity index (χ2v) is 6.51. The monoisotopic (exact) mass is 368 g/mol. The Labute approximate surface area is 160 Å². The molecule has 3 N–H and O–H groups in total. The molecule has 0 unspecified atom stereocenters. The maximum absolute atomic E-state index is 11.2. The van der Waals surface area contributed by atoms with E-state index in [1.807, 2.05) is 42.5 Å². The van der Waals surface area contributed by atoms with E-state index < -0.39 is 0 Å². The Kier molecular flexibility index (Phi) is 3.65. The van der Waals surface area contributed by atoms with Crippen molar-refractivity contribution in [1.82, 2.24) is 19.9 Å². The quantitative estimate of drug-likeness (QED) is 0.434. The molecular formula is C21H16N6O. The van der Waals surface area contributed by atoms with Gasteiger partial charge in [0.2, 0.25) is 5.91 Å². The lowest BCUT2D eigenvalue weighted by Gasteiger charge is -2.08. The van der Waals surface area contributed by atoms with Gasteiger partial charge in [-0.05, 0) is 42.5 Å². The number of anilines is 3. The first-order valence-electron chi connectivity index (χ1n) is 8.84. The number of fused-ring (bicyclic) bond motifs is 5. The molecule has 0 saturated heterocycles. The Bertz CT molecular complexity index is 1130. The third-order valence-corrected chi connectivity index (χ3v) is 4.59. The Balaban J connectivity index is 1.66. The number of imidazole rings is 1. The summed E-state index contributed by atoms with van der Waals surface area (Å²) in [7, 11) is 0. The van der Waals surface area contributed by atoms with Crippen LogP contribution < -0.4 is 10.6 Å². The standard InChI is InChI=1S/C21H16N6O/c1-12(28)24-14-6-4-13(5-7-14)20-26-18-15-8-10-22-11-17(15)25-21-16(19(18)27-20)3-2-9-23-21/h2-11H,1H3,(H,23,25)(H,24,28)(H,26,27). The summed E-state index contributed by atoms with van der Waals surface area (Å²) in [6.07, 6.45) is 5.29. The minimum absolute atomic E-state index is 0.0979. The highest BCUT2D eigenvalue weighted by Crippen LogP contribution is 2.42. The minimum atomic E-state index is -0.0979. The van der Waals surface area contributed by atoms with Crippen LogP contribution in [0.5, 0.6) is 0 Å². The van der Waals surface area contributed by atoms with Gasteiger partial charge < -0.3 is 15.6 Å². The molecule has 7 heteroatoms. The summed E-state index contributed by atoms with van der Waals surface area (Å²) in [6.45, 7) is 1.49. The predicted octanol–water partition coefficient (Wildman–Crippen LogP) is 4.22. The highest BCUT2D eigenvalue weighted by molar-refractivity contribution is 5.95. The van der Waals surface area contributed by atoms with Crippen LogP contribution in [0.1, 0.15) is 6.92 Å². The van der Waals surface area contributed by atoms with Gasteiger partial charge in [0, 0.05) is 41.7 Å². The number of nitrogens with one attached hydrogen (secondary N) is 3. The van der Waals surface area contributed by atoms with Crippen molar-refractivity contribution in [2.75, 3.05) is 10.6 Å². The molecule has 5 rings (SSSR count). The van der Waals surface area contributed by atoms with Gasteiger partial charge in [-0.2, -0.15) is 0 Å². The molecule has 1 aromatic carbocycles. The fourth-order valence-corrected chi connectivity index (χ4v) is 3.35. The number of nitrogens with zero attached hydrogens (tertiary/aromatic N) is 3. The van der Waals surface area contributed by atoms with Crippen LogP contribution >= 0.6 is 0 Å². The number of benzene rings is 1. The van der Waals surface area contributed by atoms with Gasteiger partial charge in [0.1, 0.15) is 17.3 Å². The summed E-state index contributed by atoms with van der Waals surface area (Å²) < 4.78 is 0. The number of aromatic amines is 1. The van der Waals surface area contributed by atoms with E-state index in [0.29, 0.717) is 0 Å². The van der Waals surface area contributed by atoms with Crippen LogP contribution in [-0.4, -0.2) is 25.8 Å². The number of carbonyl (C=O) groups excluding carboxylic acids is 1. The average molecular weight is 368 g/mol. The molecule has 4 heterocycles. The second-order valence-electron chi connectivity index (χ2n) is 6.51. The lowest BCUT2D eigenvalue weighted by atomic mass is 10.1. The van der Waals surface area contributed by atoms with Crippen molar-refractivity contribution >= 4 is 23.1 Å². The molecule has 1 aliphatic heterocycles. The van der Waals surface area contributed by atoms with Gasteiger partial charge in [0.05, 0.1) is 17.6 Å². The molecule has 7 nitrogen and oxygen atoms in total. The number of hydrogen-bond donors (Lipinski definition) is 3. The van der Waals surface area contributed by atoms with E-state index in [0.717, 1.165) is 51.1 Å². The SMILES string of the molecule is CC(=O)Nc1ccc(-c2nc3c([nH]2)-c2ccncc2Nc2ncccc2-3)cc1. The molecule has 28 heavy (non-hydrogen) atoms. The van der Waals surface area contributed by atoms with Crippen molar-refractivity contribution in [3.05, 3.63) is 61.1 Å². The topological polar surface area (TPSA) is 95.6 Å². The van der Waals surface area contributed by atoms with Crippen LogP contribution in [0.15, 0.2) is 61.1 Å². The Morgan fingerprint density at radius 2 is 1.89 bits per heavy atom. The van der Waals surface area contributed by atoms with Crippen LogP contribution in [0.25, 0.3) is 33.9 Å². The van der Waals surface area contributed by atoms with Crippen LogP contribution in [0.2, 0.25) is 0 Å². The molecule has 0 bridgehead atoms. The van der Waals surface area contributed by atoms with E-state index in [-0.39, 0.29) is 5.91 Å². The molecule has 0 saturated carbocycles. The van der Waals surface area contributed by atoms with Gasteiger partial charge in [-0.15, -0.1) is 0 Å². The molecule has 0 radical (unpaired) electrons. The van der Waals surface area contributed by atoms with Gasteiger partial charge in [-0.3, -0.25) is 9.78 Å². The molecule has 0 aliphatic carbocycles. The van der Waals surface area contributed by atoms with E-state index in [9.17, 15) is 4.79 Å². The summed E-state index contributed by atoms with van der Waals surface area (Å²) >= 11 is 0. The normalized spacial score (nSPS) is 11.5. The molecule has 4 aromatic rings. The first-order chi connectivity index (χ1) is 13.7. The van der Waals surface area contributed by atoms with Gasteiger partial charge in [-0.25, -0.2) is 9.97 Å². The molecule has 1 amide bonds. The van der Waals surface area contributed by atoms with Gasteiger partial charge in [-0.1, -0.05) is 0 Å². The molecule has 136 valence electrons. The van der Waals surface area contributed by atoms with E-state index in [1.54, 1.807) is 18.6 Å². The van der Waals surface area contributed by atoms with Crippen LogP contribution in [0.4, 0.5) is 17.2 Å². The summed E-state index contributed by atoms with van der Waals surface area (Å²) in [5, 5.41) is 6.12. The number of amides is 1. The third kappa shape index (κ3) is 2.69. The molecule has 1 aliphatic rings. The van der Waals surface area contributed by atoms with Crippen LogP contribution in [0, 0.1) is 0 Å². The molecular weight excluding hydrogens is 352 g/mol. The summed E-state index contributed by atoms with van der Waals surface area (Å²) in [6, 6.07) is 13.4. The summed E-state index contributed by atoms with van der Waals surface area (Å²) in [4.78, 5) is 28.2. The van der Waals surface area contributed by atoms with Crippen molar-refractivity contribution < 1.29 is 4.79 Å². The molecule has 0 fully saturated rings. The zero-order valence-corrected chi connectivity index (χ0v) is 15.0. The van der Waals surface area contributed by atoms with Crippen molar-refractivity contribution in [3.63, 3.8) is 0 Å². The average Bonchev–Trinajstić information content (AvgIpc) is 3.09. The van der Waals surface area contributed by atoms with Gasteiger partial charge in [0.25, 0.3) is 0 Å². The highest BCUT2D eigenvalue weighted by atomic mass is 16.1. The number of hydrogen-bond acceptors (Lipinski definition) is 5. The van der Waals surface area contributed by atoms with Gasteiger partial charge in [0.15, 0.2) is 0 Å².